The van der Waals surface area contributed by atoms with Gasteiger partial charge in [-0.2, -0.15) is 11.3 Å². The van der Waals surface area contributed by atoms with Gasteiger partial charge in [0.1, 0.15) is 22.8 Å². The van der Waals surface area contributed by atoms with Crippen molar-refractivity contribution in [1.29, 1.82) is 0 Å². The molecule has 0 spiro atoms. The Labute approximate surface area is 151 Å². The number of carbonyl (C=O) groups excluding carboxylic acids is 1. The number of thiazole rings is 1. The predicted octanol–water partition coefficient (Wildman–Crippen LogP) is 3.38. The number of hydrogen-bond acceptors (Lipinski definition) is 6. The van der Waals surface area contributed by atoms with Gasteiger partial charge in [0.05, 0.1) is 0 Å². The first-order chi connectivity index (χ1) is 12.3. The highest BCUT2D eigenvalue weighted by Gasteiger charge is 2.12. The largest absolute Gasteiger partial charge is 0.347 e. The van der Waals surface area contributed by atoms with Crippen molar-refractivity contribution in [3.63, 3.8) is 0 Å². The number of thiophene rings is 1. The summed E-state index contributed by atoms with van der Waals surface area (Å²) in [5.41, 5.74) is 2.41. The summed E-state index contributed by atoms with van der Waals surface area (Å²) < 4.78 is 1.82. The van der Waals surface area contributed by atoms with Crippen LogP contribution in [0.2, 0.25) is 0 Å². The Bertz CT molecular complexity index is 959. The lowest BCUT2D eigenvalue weighted by Gasteiger charge is -2.05. The molecule has 0 aliphatic heterocycles. The number of pyridine rings is 1. The summed E-state index contributed by atoms with van der Waals surface area (Å²) in [7, 11) is 0. The number of amides is 1. The fraction of sp³-hybridized carbons (Fsp3) is 0.0588. The Morgan fingerprint density at radius 2 is 2.20 bits per heavy atom. The summed E-state index contributed by atoms with van der Waals surface area (Å²) in [5.74, 6) is 0.601. The van der Waals surface area contributed by atoms with Gasteiger partial charge in [-0.15, -0.1) is 11.3 Å². The van der Waals surface area contributed by atoms with E-state index in [-0.39, 0.29) is 5.91 Å². The van der Waals surface area contributed by atoms with Gasteiger partial charge in [0.15, 0.2) is 0 Å². The maximum atomic E-state index is 12.3. The Morgan fingerprint density at radius 3 is 2.92 bits per heavy atom. The maximum Gasteiger partial charge on any atom is 0.271 e. The van der Waals surface area contributed by atoms with Crippen LogP contribution in [0.1, 0.15) is 16.1 Å². The quantitative estimate of drug-likeness (QED) is 0.587. The molecular formula is C17H13N5OS2. The van der Waals surface area contributed by atoms with Gasteiger partial charge in [0.2, 0.25) is 0 Å². The molecule has 0 saturated carbocycles. The molecule has 0 aliphatic carbocycles. The van der Waals surface area contributed by atoms with Crippen LogP contribution in [0.25, 0.3) is 16.4 Å². The van der Waals surface area contributed by atoms with Crippen LogP contribution in [0, 0.1) is 0 Å². The average Bonchev–Trinajstić information content (AvgIpc) is 3.42. The molecule has 4 heterocycles. The second kappa shape index (κ2) is 6.96. The van der Waals surface area contributed by atoms with Crippen molar-refractivity contribution >= 4 is 28.6 Å². The molecule has 1 amide bonds. The van der Waals surface area contributed by atoms with Gasteiger partial charge in [-0.25, -0.2) is 15.0 Å². The number of nitrogens with one attached hydrogen (secondary N) is 1. The Hall–Kier alpha value is -2.84. The van der Waals surface area contributed by atoms with Gasteiger partial charge in [0.25, 0.3) is 5.91 Å². The molecular weight excluding hydrogens is 354 g/mol. The molecule has 8 heteroatoms. The number of imidazole rings is 1. The Morgan fingerprint density at radius 1 is 1.24 bits per heavy atom. The molecule has 4 aromatic rings. The highest BCUT2D eigenvalue weighted by molar-refractivity contribution is 7.14. The first-order valence-corrected chi connectivity index (χ1v) is 9.31. The summed E-state index contributed by atoms with van der Waals surface area (Å²) in [5, 5.41) is 9.54. The van der Waals surface area contributed by atoms with Gasteiger partial charge in [-0.1, -0.05) is 6.07 Å². The van der Waals surface area contributed by atoms with Crippen molar-refractivity contribution in [3.05, 3.63) is 70.5 Å². The van der Waals surface area contributed by atoms with Crippen LogP contribution in [-0.4, -0.2) is 25.4 Å². The van der Waals surface area contributed by atoms with Gasteiger partial charge in [-0.05, 0) is 23.1 Å². The maximum absolute atomic E-state index is 12.3. The number of aromatic nitrogens is 4. The fourth-order valence-electron chi connectivity index (χ4n) is 2.24. The van der Waals surface area contributed by atoms with Crippen LogP contribution in [0.4, 0.5) is 0 Å². The zero-order chi connectivity index (χ0) is 17.1. The van der Waals surface area contributed by atoms with Crippen molar-refractivity contribution in [2.45, 2.75) is 6.54 Å². The number of rotatable bonds is 5. The smallest absolute Gasteiger partial charge is 0.271 e. The summed E-state index contributed by atoms with van der Waals surface area (Å²) in [6, 6.07) is 5.82. The van der Waals surface area contributed by atoms with Gasteiger partial charge < -0.3 is 5.32 Å². The van der Waals surface area contributed by atoms with Gasteiger partial charge >= 0.3 is 0 Å². The molecule has 4 aromatic heterocycles. The van der Waals surface area contributed by atoms with Crippen LogP contribution in [0.15, 0.2) is 59.3 Å². The van der Waals surface area contributed by atoms with Crippen LogP contribution in [-0.2, 0) is 6.54 Å². The third kappa shape index (κ3) is 3.49. The fourth-order valence-corrected chi connectivity index (χ4v) is 3.75. The third-order valence-corrected chi connectivity index (χ3v) is 5.11. The van der Waals surface area contributed by atoms with E-state index in [4.69, 9.17) is 0 Å². The molecule has 1 N–H and O–H groups in total. The normalized spacial score (nSPS) is 10.7. The van der Waals surface area contributed by atoms with Crippen LogP contribution >= 0.6 is 22.7 Å². The number of hydrogen-bond donors (Lipinski definition) is 1. The molecule has 4 rings (SSSR count). The molecule has 0 bridgehead atoms. The molecule has 0 unspecified atom stereocenters. The van der Waals surface area contributed by atoms with E-state index >= 15 is 0 Å². The third-order valence-electron chi connectivity index (χ3n) is 3.54. The Kier molecular flexibility index (Phi) is 4.36. The van der Waals surface area contributed by atoms with E-state index in [0.29, 0.717) is 12.2 Å². The van der Waals surface area contributed by atoms with Crippen molar-refractivity contribution in [2.24, 2.45) is 0 Å². The van der Waals surface area contributed by atoms with Gasteiger partial charge in [0, 0.05) is 41.5 Å². The van der Waals surface area contributed by atoms with E-state index in [1.807, 2.05) is 39.7 Å². The molecule has 0 aromatic carbocycles. The van der Waals surface area contributed by atoms with Crippen molar-refractivity contribution < 1.29 is 4.79 Å². The van der Waals surface area contributed by atoms with E-state index in [1.165, 1.54) is 11.3 Å². The molecule has 0 atom stereocenters. The van der Waals surface area contributed by atoms with Crippen LogP contribution < -0.4 is 5.32 Å². The Balaban J connectivity index is 1.39. The first kappa shape index (κ1) is 15.7. The predicted molar refractivity (Wildman–Crippen MR) is 98.0 cm³/mol. The summed E-state index contributed by atoms with van der Waals surface area (Å²) >= 11 is 3.08. The van der Waals surface area contributed by atoms with E-state index in [1.54, 1.807) is 35.4 Å². The SMILES string of the molecule is O=C(NCc1ccc(-n2ccnc2)nc1)c1csc(-c2ccsc2)n1. The van der Waals surface area contributed by atoms with Crippen LogP contribution in [0.3, 0.4) is 0 Å². The summed E-state index contributed by atoms with van der Waals surface area (Å²) in [4.78, 5) is 25.0. The van der Waals surface area contributed by atoms with E-state index < -0.39 is 0 Å². The highest BCUT2D eigenvalue weighted by Crippen LogP contribution is 2.25. The zero-order valence-electron chi connectivity index (χ0n) is 13.0. The second-order valence-corrected chi connectivity index (χ2v) is 6.87. The molecule has 25 heavy (non-hydrogen) atoms. The molecule has 6 nitrogen and oxygen atoms in total. The van der Waals surface area contributed by atoms with E-state index in [0.717, 1.165) is 22.0 Å². The standard InChI is InChI=1S/C17H13N5OS2/c23-16(14-10-25-17(21-14)13-3-6-24-9-13)20-8-12-1-2-15(19-7-12)22-5-4-18-11-22/h1-7,9-11H,8H2,(H,20,23). The van der Waals surface area contributed by atoms with Crippen LogP contribution in [0.5, 0.6) is 0 Å². The molecule has 0 aliphatic rings. The van der Waals surface area contributed by atoms with Gasteiger partial charge in [-0.3, -0.25) is 9.36 Å². The van der Waals surface area contributed by atoms with E-state index in [2.05, 4.69) is 20.3 Å². The topological polar surface area (TPSA) is 72.7 Å². The molecule has 124 valence electrons. The highest BCUT2D eigenvalue weighted by atomic mass is 32.1. The lowest BCUT2D eigenvalue weighted by molar-refractivity contribution is 0.0946. The molecule has 0 fully saturated rings. The number of carbonyl (C=O) groups is 1. The second-order valence-electron chi connectivity index (χ2n) is 5.23. The average molecular weight is 367 g/mol. The monoisotopic (exact) mass is 367 g/mol. The molecule has 0 saturated heterocycles. The summed E-state index contributed by atoms with van der Waals surface area (Å²) in [6.45, 7) is 0.404. The van der Waals surface area contributed by atoms with E-state index in [9.17, 15) is 4.79 Å². The van der Waals surface area contributed by atoms with Crippen molar-refractivity contribution in [3.8, 4) is 16.4 Å². The minimum Gasteiger partial charge on any atom is -0.347 e. The minimum atomic E-state index is -0.184. The summed E-state index contributed by atoms with van der Waals surface area (Å²) in [6.07, 6.45) is 6.97. The minimum absolute atomic E-state index is 0.184. The first-order valence-electron chi connectivity index (χ1n) is 7.49. The number of nitrogens with zero attached hydrogens (tertiary/aromatic N) is 4. The molecule has 0 radical (unpaired) electrons. The zero-order valence-corrected chi connectivity index (χ0v) is 14.6. The van der Waals surface area contributed by atoms with Crippen molar-refractivity contribution in [2.75, 3.05) is 0 Å². The van der Waals surface area contributed by atoms with Crippen molar-refractivity contribution in [1.82, 2.24) is 24.8 Å². The lowest BCUT2D eigenvalue weighted by Crippen LogP contribution is -2.23. The lowest BCUT2D eigenvalue weighted by atomic mass is 10.2.